The number of rotatable bonds is 10. The highest BCUT2D eigenvalue weighted by Gasteiger charge is 2.81. The third-order valence-electron chi connectivity index (χ3n) is 9.69. The number of hydrogen-bond acceptors (Lipinski definition) is 6. The van der Waals surface area contributed by atoms with E-state index in [0.29, 0.717) is 48.5 Å². The molecule has 1 spiro atoms. The van der Waals surface area contributed by atoms with Gasteiger partial charge in [-0.1, -0.05) is 46.6 Å². The van der Waals surface area contributed by atoms with E-state index < -0.39 is 22.7 Å². The van der Waals surface area contributed by atoms with Gasteiger partial charge >= 0.3 is 0 Å². The van der Waals surface area contributed by atoms with Crippen LogP contribution in [-0.4, -0.2) is 40.1 Å². The summed E-state index contributed by atoms with van der Waals surface area (Å²) in [5.74, 6) is -0.411. The smallest absolute Gasteiger partial charge is 0.200 e. The standard InChI is InChI=1S/C38H48O6/c1-22(2)11-10-12-25(7)16-18-42-30-21-29(39)32-33(40)28-19-26-20-31-36(8,9)44-37(35(26)41,17-15-24(5)6)38(28,31)43-34(32)27(30)14-13-23(3)4/h11,13,15-16,19,21,26,31,39H,10,12,14,17-18,20H2,1-9H3. The molecule has 1 N–H and O–H groups in total. The normalized spacial score (nSPS) is 27.6. The fourth-order valence-electron chi connectivity index (χ4n) is 7.56. The molecule has 6 rings (SSSR count). The van der Waals surface area contributed by atoms with Gasteiger partial charge in [0, 0.05) is 35.5 Å². The topological polar surface area (TPSA) is 82.1 Å². The summed E-state index contributed by atoms with van der Waals surface area (Å²) in [7, 11) is 0. The van der Waals surface area contributed by atoms with Gasteiger partial charge in [-0.05, 0) is 94.1 Å². The molecule has 6 nitrogen and oxygen atoms in total. The number of ether oxygens (including phenoxy) is 3. The summed E-state index contributed by atoms with van der Waals surface area (Å²) in [5.41, 5.74) is 2.58. The molecule has 1 aromatic rings. The number of fused-ring (bicyclic) bond motifs is 1. The molecule has 2 fully saturated rings. The number of ketones is 2. The summed E-state index contributed by atoms with van der Waals surface area (Å²) in [4.78, 5) is 28.7. The lowest BCUT2D eigenvalue weighted by Gasteiger charge is -2.56. The van der Waals surface area contributed by atoms with Gasteiger partial charge in [-0.2, -0.15) is 0 Å². The number of phenols is 1. The van der Waals surface area contributed by atoms with E-state index in [1.807, 2.05) is 47.6 Å². The van der Waals surface area contributed by atoms with Crippen molar-refractivity contribution in [1.82, 2.24) is 0 Å². The fraction of sp³-hybridized carbons (Fsp3) is 0.526. The van der Waals surface area contributed by atoms with Crippen LogP contribution < -0.4 is 9.47 Å². The SMILES string of the molecule is CC(C)=CCCC(C)=CCOc1cc(O)c2c(c1CC=C(C)C)OC13C(=CC4CC1C(C)(C)OC3(CC=C(C)C)C4=O)C2=O. The number of allylic oxidation sites excluding steroid dienone is 7. The Balaban J connectivity index is 1.64. The minimum atomic E-state index is -1.34. The highest BCUT2D eigenvalue weighted by molar-refractivity contribution is 6.18. The van der Waals surface area contributed by atoms with Gasteiger partial charge in [0.25, 0.3) is 0 Å². The maximum absolute atomic E-state index is 14.5. The maximum atomic E-state index is 14.5. The molecule has 44 heavy (non-hydrogen) atoms. The fourth-order valence-corrected chi connectivity index (χ4v) is 7.56. The van der Waals surface area contributed by atoms with E-state index in [0.717, 1.165) is 24.0 Å². The van der Waals surface area contributed by atoms with E-state index in [1.165, 1.54) is 11.1 Å². The molecule has 1 aromatic carbocycles. The van der Waals surface area contributed by atoms with Crippen LogP contribution in [0.15, 0.2) is 64.3 Å². The van der Waals surface area contributed by atoms with Gasteiger partial charge in [0.2, 0.25) is 0 Å². The van der Waals surface area contributed by atoms with Crippen molar-refractivity contribution < 1.29 is 28.9 Å². The molecule has 3 aliphatic carbocycles. The lowest BCUT2D eigenvalue weighted by atomic mass is 9.51. The van der Waals surface area contributed by atoms with Crippen LogP contribution in [0.4, 0.5) is 0 Å². The highest BCUT2D eigenvalue weighted by atomic mass is 16.6. The molecule has 5 aliphatic rings. The Morgan fingerprint density at radius 1 is 1.00 bits per heavy atom. The molecule has 2 heterocycles. The number of carbonyl (C=O) groups is 2. The minimum absolute atomic E-state index is 0.0342. The second kappa shape index (κ2) is 11.5. The van der Waals surface area contributed by atoms with Crippen LogP contribution in [-0.2, 0) is 16.0 Å². The van der Waals surface area contributed by atoms with E-state index in [2.05, 4.69) is 39.0 Å². The summed E-state index contributed by atoms with van der Waals surface area (Å²) in [6.45, 7) is 18.6. The highest BCUT2D eigenvalue weighted by Crippen LogP contribution is 2.68. The Labute approximate surface area is 262 Å². The molecule has 4 unspecified atom stereocenters. The zero-order valence-electron chi connectivity index (χ0n) is 27.8. The van der Waals surface area contributed by atoms with Gasteiger partial charge in [0.05, 0.1) is 5.60 Å². The Morgan fingerprint density at radius 2 is 1.68 bits per heavy atom. The molecule has 6 heteroatoms. The van der Waals surface area contributed by atoms with Gasteiger partial charge < -0.3 is 19.3 Å². The van der Waals surface area contributed by atoms with Crippen molar-refractivity contribution in [3.8, 4) is 17.2 Å². The second-order valence-electron chi connectivity index (χ2n) is 14.3. The maximum Gasteiger partial charge on any atom is 0.200 e. The van der Waals surface area contributed by atoms with Crippen molar-refractivity contribution in [2.24, 2.45) is 11.8 Å². The molecule has 236 valence electrons. The molecule has 2 aliphatic heterocycles. The molecule has 4 bridgehead atoms. The number of Topliss-reactive ketones (excluding diaryl/α,β-unsaturated/α-hetero) is 2. The first kappa shape index (κ1) is 32.0. The van der Waals surface area contributed by atoms with Gasteiger partial charge in [0.15, 0.2) is 22.8 Å². The van der Waals surface area contributed by atoms with Gasteiger partial charge in [-0.3, -0.25) is 9.59 Å². The van der Waals surface area contributed by atoms with Crippen LogP contribution in [0.1, 0.15) is 104 Å². The number of hydrogen-bond donors (Lipinski definition) is 1. The summed E-state index contributed by atoms with van der Waals surface area (Å²) < 4.78 is 20.2. The Bertz CT molecular complexity index is 1540. The molecule has 4 atom stereocenters. The van der Waals surface area contributed by atoms with E-state index in [4.69, 9.17) is 14.2 Å². The molecule has 0 aromatic heterocycles. The lowest BCUT2D eigenvalue weighted by molar-refractivity contribution is -0.171. The first-order valence-electron chi connectivity index (χ1n) is 15.9. The minimum Gasteiger partial charge on any atom is -0.507 e. The number of carbonyl (C=O) groups excluding carboxylic acids is 2. The molecule has 0 radical (unpaired) electrons. The zero-order valence-corrected chi connectivity index (χ0v) is 27.8. The third-order valence-corrected chi connectivity index (χ3v) is 9.69. The molecule has 1 saturated heterocycles. The molecular weight excluding hydrogens is 552 g/mol. The van der Waals surface area contributed by atoms with Crippen LogP contribution in [0.3, 0.4) is 0 Å². The lowest BCUT2D eigenvalue weighted by Crippen LogP contribution is -2.72. The van der Waals surface area contributed by atoms with Crippen LogP contribution in [0.5, 0.6) is 17.2 Å². The van der Waals surface area contributed by atoms with Crippen molar-refractivity contribution in [1.29, 1.82) is 0 Å². The van der Waals surface area contributed by atoms with E-state index in [1.54, 1.807) is 12.1 Å². The number of aromatic hydroxyl groups is 1. The number of benzene rings is 1. The largest absolute Gasteiger partial charge is 0.507 e. The van der Waals surface area contributed by atoms with Gasteiger partial charge in [-0.25, -0.2) is 0 Å². The van der Waals surface area contributed by atoms with Crippen LogP contribution in [0.2, 0.25) is 0 Å². The van der Waals surface area contributed by atoms with Crippen LogP contribution in [0.25, 0.3) is 0 Å². The van der Waals surface area contributed by atoms with Crippen LogP contribution in [0, 0.1) is 11.8 Å². The second-order valence-corrected chi connectivity index (χ2v) is 14.3. The Morgan fingerprint density at radius 3 is 2.34 bits per heavy atom. The van der Waals surface area contributed by atoms with Crippen molar-refractivity contribution in [2.75, 3.05) is 6.61 Å². The Kier molecular flexibility index (Phi) is 8.39. The van der Waals surface area contributed by atoms with E-state index in [-0.39, 0.29) is 28.8 Å². The summed E-state index contributed by atoms with van der Waals surface area (Å²) in [6, 6.07) is 1.54. The molecular formula is C38H48O6. The van der Waals surface area contributed by atoms with Crippen molar-refractivity contribution in [3.63, 3.8) is 0 Å². The predicted molar refractivity (Wildman–Crippen MR) is 173 cm³/mol. The first-order valence-corrected chi connectivity index (χ1v) is 15.9. The average molecular weight is 601 g/mol. The summed E-state index contributed by atoms with van der Waals surface area (Å²) in [5, 5.41) is 11.3. The zero-order chi connectivity index (χ0) is 32.2. The summed E-state index contributed by atoms with van der Waals surface area (Å²) in [6.07, 6.45) is 13.4. The Hall–Kier alpha value is -3.38. The third kappa shape index (κ3) is 5.09. The first-order chi connectivity index (χ1) is 20.6. The van der Waals surface area contributed by atoms with Crippen molar-refractivity contribution >= 4 is 11.6 Å². The van der Waals surface area contributed by atoms with Crippen molar-refractivity contribution in [2.45, 2.75) is 111 Å². The molecule has 0 amide bonds. The van der Waals surface area contributed by atoms with Crippen LogP contribution >= 0.6 is 0 Å². The van der Waals surface area contributed by atoms with E-state index in [9.17, 15) is 14.7 Å². The molecule has 1 saturated carbocycles. The average Bonchev–Trinajstić information content (AvgIpc) is 3.08. The van der Waals surface area contributed by atoms with E-state index >= 15 is 0 Å². The number of phenolic OH excluding ortho intramolecular Hbond substituents is 1. The quantitative estimate of drug-likeness (QED) is 0.272. The van der Waals surface area contributed by atoms with Gasteiger partial charge in [0.1, 0.15) is 29.4 Å². The predicted octanol–water partition coefficient (Wildman–Crippen LogP) is 8.34. The summed E-state index contributed by atoms with van der Waals surface area (Å²) >= 11 is 0. The monoisotopic (exact) mass is 600 g/mol. The van der Waals surface area contributed by atoms with Crippen molar-refractivity contribution in [3.05, 3.63) is 75.4 Å². The van der Waals surface area contributed by atoms with Gasteiger partial charge in [-0.15, -0.1) is 0 Å².